The van der Waals surface area contributed by atoms with Crippen molar-refractivity contribution >= 4 is 11.8 Å². The molecule has 0 aliphatic carbocycles. The second kappa shape index (κ2) is 6.99. The van der Waals surface area contributed by atoms with E-state index in [1.54, 1.807) is 25.0 Å². The molecular weight excluding hydrogens is 336 g/mol. The Hall–Kier alpha value is -2.55. The minimum atomic E-state index is -0.331. The number of anilines is 1. The van der Waals surface area contributed by atoms with Crippen molar-refractivity contribution < 1.29 is 13.9 Å². The monoisotopic (exact) mass is 360 g/mol. The summed E-state index contributed by atoms with van der Waals surface area (Å²) in [5, 5.41) is 19.0. The number of aryl methyl sites for hydroxylation is 1. The summed E-state index contributed by atoms with van der Waals surface area (Å²) in [6, 6.07) is 2.98. The predicted molar refractivity (Wildman–Crippen MR) is 93.6 cm³/mol. The standard InChI is InChI=1S/C17H24N6O3/c1-10-19-22-15(26-10)12-8-11(25-5)9-23(12)16(24)18-14-7-6-13(20-21-14)17(2,3)4/h6-7,11-12H,8-9H2,1-5H3,(H,18,21,24)/t11-,12+/m0/s1. The van der Waals surface area contributed by atoms with Crippen molar-refractivity contribution in [1.29, 1.82) is 0 Å². The molecule has 2 aromatic rings. The van der Waals surface area contributed by atoms with Crippen molar-refractivity contribution in [2.75, 3.05) is 19.0 Å². The molecule has 0 unspecified atom stereocenters. The molecule has 2 aromatic heterocycles. The summed E-state index contributed by atoms with van der Waals surface area (Å²) in [6.45, 7) is 8.32. The molecule has 140 valence electrons. The van der Waals surface area contributed by atoms with Crippen LogP contribution in [0.4, 0.5) is 10.6 Å². The minimum absolute atomic E-state index is 0.0905. The van der Waals surface area contributed by atoms with Crippen molar-refractivity contribution in [2.24, 2.45) is 0 Å². The van der Waals surface area contributed by atoms with Crippen LogP contribution in [0, 0.1) is 6.92 Å². The van der Waals surface area contributed by atoms with Crippen LogP contribution in [0.2, 0.25) is 0 Å². The molecule has 2 atom stereocenters. The normalized spacial score (nSPS) is 20.4. The fourth-order valence-corrected chi connectivity index (χ4v) is 2.85. The molecule has 1 aliphatic rings. The number of nitrogens with zero attached hydrogens (tertiary/aromatic N) is 5. The highest BCUT2D eigenvalue weighted by Crippen LogP contribution is 2.33. The van der Waals surface area contributed by atoms with Crippen LogP contribution in [0.5, 0.6) is 0 Å². The first-order chi connectivity index (χ1) is 12.3. The van der Waals surface area contributed by atoms with Crippen molar-refractivity contribution in [3.8, 4) is 0 Å². The average molecular weight is 360 g/mol. The third kappa shape index (κ3) is 3.82. The minimum Gasteiger partial charge on any atom is -0.423 e. The van der Waals surface area contributed by atoms with E-state index < -0.39 is 0 Å². The smallest absolute Gasteiger partial charge is 0.323 e. The molecule has 1 saturated heterocycles. The number of amides is 2. The van der Waals surface area contributed by atoms with Crippen molar-refractivity contribution in [1.82, 2.24) is 25.3 Å². The molecule has 9 nitrogen and oxygen atoms in total. The van der Waals surface area contributed by atoms with Gasteiger partial charge in [0.2, 0.25) is 11.8 Å². The third-order valence-electron chi connectivity index (χ3n) is 4.35. The zero-order valence-electron chi connectivity index (χ0n) is 15.7. The summed E-state index contributed by atoms with van der Waals surface area (Å²) in [6.07, 6.45) is 0.507. The van der Waals surface area contributed by atoms with Crippen LogP contribution in [0.15, 0.2) is 16.5 Å². The Morgan fingerprint density at radius 3 is 2.58 bits per heavy atom. The van der Waals surface area contributed by atoms with E-state index in [4.69, 9.17) is 9.15 Å². The van der Waals surface area contributed by atoms with Gasteiger partial charge in [-0.1, -0.05) is 20.8 Å². The molecule has 3 heterocycles. The van der Waals surface area contributed by atoms with E-state index in [0.717, 1.165) is 5.69 Å². The van der Waals surface area contributed by atoms with Crippen LogP contribution < -0.4 is 5.32 Å². The van der Waals surface area contributed by atoms with Gasteiger partial charge in [0.15, 0.2) is 5.82 Å². The molecule has 0 aromatic carbocycles. The van der Waals surface area contributed by atoms with Crippen LogP contribution in [-0.2, 0) is 10.2 Å². The lowest BCUT2D eigenvalue weighted by atomic mass is 9.92. The SMILES string of the molecule is CO[C@H]1C[C@H](c2nnc(C)o2)N(C(=O)Nc2ccc(C(C)(C)C)nn2)C1. The number of rotatable bonds is 3. The van der Waals surface area contributed by atoms with Crippen LogP contribution >= 0.6 is 0 Å². The molecule has 9 heteroatoms. The average Bonchev–Trinajstić information content (AvgIpc) is 3.20. The number of carbonyl (C=O) groups is 1. The van der Waals surface area contributed by atoms with E-state index in [2.05, 4.69) is 46.5 Å². The van der Waals surface area contributed by atoms with E-state index in [-0.39, 0.29) is 23.6 Å². The van der Waals surface area contributed by atoms with E-state index in [9.17, 15) is 4.79 Å². The van der Waals surface area contributed by atoms with Gasteiger partial charge in [-0.2, -0.15) is 5.10 Å². The summed E-state index contributed by atoms with van der Waals surface area (Å²) in [5.74, 6) is 1.26. The molecule has 2 amide bonds. The first-order valence-corrected chi connectivity index (χ1v) is 8.52. The van der Waals surface area contributed by atoms with Gasteiger partial charge in [-0.25, -0.2) is 4.79 Å². The molecule has 1 N–H and O–H groups in total. The van der Waals surface area contributed by atoms with Gasteiger partial charge in [0, 0.05) is 32.4 Å². The maximum Gasteiger partial charge on any atom is 0.323 e. The van der Waals surface area contributed by atoms with E-state index >= 15 is 0 Å². The fourth-order valence-electron chi connectivity index (χ4n) is 2.85. The number of urea groups is 1. The molecule has 1 fully saturated rings. The lowest BCUT2D eigenvalue weighted by Gasteiger charge is -2.22. The Balaban J connectivity index is 1.74. The molecule has 0 saturated carbocycles. The number of carbonyl (C=O) groups excluding carboxylic acids is 1. The summed E-state index contributed by atoms with van der Waals surface area (Å²) >= 11 is 0. The van der Waals surface area contributed by atoms with Gasteiger partial charge < -0.3 is 14.1 Å². The first kappa shape index (κ1) is 18.2. The number of methoxy groups -OCH3 is 1. The largest absolute Gasteiger partial charge is 0.423 e. The zero-order chi connectivity index (χ0) is 18.9. The van der Waals surface area contributed by atoms with Gasteiger partial charge in [0.05, 0.1) is 11.8 Å². The zero-order valence-corrected chi connectivity index (χ0v) is 15.7. The Bertz CT molecular complexity index is 768. The Kier molecular flexibility index (Phi) is 4.90. The summed E-state index contributed by atoms with van der Waals surface area (Å²) < 4.78 is 10.9. The lowest BCUT2D eigenvalue weighted by Crippen LogP contribution is -2.36. The molecular formula is C17H24N6O3. The predicted octanol–water partition coefficient (Wildman–Crippen LogP) is 2.46. The number of hydrogen-bond donors (Lipinski definition) is 1. The molecule has 26 heavy (non-hydrogen) atoms. The number of likely N-dealkylation sites (tertiary alicyclic amines) is 1. The molecule has 0 radical (unpaired) electrons. The summed E-state index contributed by atoms with van der Waals surface area (Å²) in [5.41, 5.74) is 0.757. The lowest BCUT2D eigenvalue weighted by molar-refractivity contribution is 0.111. The molecule has 0 bridgehead atoms. The summed E-state index contributed by atoms with van der Waals surface area (Å²) in [4.78, 5) is 14.4. The quantitative estimate of drug-likeness (QED) is 0.896. The molecule has 0 spiro atoms. The van der Waals surface area contributed by atoms with Crippen LogP contribution in [0.1, 0.15) is 50.7 Å². The van der Waals surface area contributed by atoms with E-state index in [0.29, 0.717) is 30.6 Å². The number of ether oxygens (including phenoxy) is 1. The van der Waals surface area contributed by atoms with Crippen LogP contribution in [0.3, 0.4) is 0 Å². The van der Waals surface area contributed by atoms with Gasteiger partial charge >= 0.3 is 6.03 Å². The van der Waals surface area contributed by atoms with Gasteiger partial charge in [-0.15, -0.1) is 15.3 Å². The van der Waals surface area contributed by atoms with Gasteiger partial charge in [-0.3, -0.25) is 5.32 Å². The van der Waals surface area contributed by atoms with Crippen LogP contribution in [-0.4, -0.2) is 51.1 Å². The second-order valence-electron chi connectivity index (χ2n) is 7.40. The second-order valence-corrected chi connectivity index (χ2v) is 7.40. The maximum atomic E-state index is 12.8. The summed E-state index contributed by atoms with van der Waals surface area (Å²) in [7, 11) is 1.62. The highest BCUT2D eigenvalue weighted by atomic mass is 16.5. The fraction of sp³-hybridized carbons (Fsp3) is 0.588. The van der Waals surface area contributed by atoms with Crippen molar-refractivity contribution in [3.05, 3.63) is 29.6 Å². The number of aromatic nitrogens is 4. The number of nitrogens with one attached hydrogen (secondary N) is 1. The highest BCUT2D eigenvalue weighted by molar-refractivity contribution is 5.88. The van der Waals surface area contributed by atoms with Crippen LogP contribution in [0.25, 0.3) is 0 Å². The Labute approximate surface area is 152 Å². The van der Waals surface area contributed by atoms with Gasteiger partial charge in [-0.05, 0) is 12.1 Å². The van der Waals surface area contributed by atoms with Gasteiger partial charge in [0.25, 0.3) is 0 Å². The van der Waals surface area contributed by atoms with Crippen molar-refractivity contribution in [3.63, 3.8) is 0 Å². The first-order valence-electron chi connectivity index (χ1n) is 8.52. The van der Waals surface area contributed by atoms with Gasteiger partial charge in [0.1, 0.15) is 6.04 Å². The van der Waals surface area contributed by atoms with E-state index in [1.165, 1.54) is 0 Å². The topological polar surface area (TPSA) is 106 Å². The number of hydrogen-bond acceptors (Lipinski definition) is 7. The van der Waals surface area contributed by atoms with Crippen molar-refractivity contribution in [2.45, 2.75) is 51.7 Å². The third-order valence-corrected chi connectivity index (χ3v) is 4.35. The Morgan fingerprint density at radius 2 is 2.04 bits per heavy atom. The molecule has 3 rings (SSSR count). The van der Waals surface area contributed by atoms with E-state index in [1.807, 2.05) is 6.07 Å². The highest BCUT2D eigenvalue weighted by Gasteiger charge is 2.39. The molecule has 1 aliphatic heterocycles. The maximum absolute atomic E-state index is 12.8. The Morgan fingerprint density at radius 1 is 1.27 bits per heavy atom.